The van der Waals surface area contributed by atoms with Crippen molar-refractivity contribution in [1.82, 2.24) is 5.06 Å². The SMILES string of the molecule is CC1=CN(O)CN=C1. The fourth-order valence-electron chi connectivity index (χ4n) is 0.578. The summed E-state index contributed by atoms with van der Waals surface area (Å²) in [5.74, 6) is 0. The monoisotopic (exact) mass is 112 g/mol. The topological polar surface area (TPSA) is 35.8 Å². The summed E-state index contributed by atoms with van der Waals surface area (Å²) in [6.45, 7) is 2.24. The molecule has 0 saturated carbocycles. The summed E-state index contributed by atoms with van der Waals surface area (Å²) in [5.41, 5.74) is 0.971. The Bertz CT molecular complexity index is 139. The zero-order valence-electron chi connectivity index (χ0n) is 4.70. The Hall–Kier alpha value is -0.830. The highest BCUT2D eigenvalue weighted by Crippen LogP contribution is 1.97. The quantitative estimate of drug-likeness (QED) is 0.498. The fraction of sp³-hybridized carbons (Fsp3) is 0.400. The van der Waals surface area contributed by atoms with Crippen LogP contribution in [0.4, 0.5) is 0 Å². The molecule has 0 aromatic carbocycles. The molecule has 0 spiro atoms. The lowest BCUT2D eigenvalue weighted by Gasteiger charge is -2.12. The molecule has 0 aliphatic carbocycles. The maximum absolute atomic E-state index is 8.72. The van der Waals surface area contributed by atoms with Crippen LogP contribution in [0.2, 0.25) is 0 Å². The number of nitrogens with zero attached hydrogens (tertiary/aromatic N) is 2. The van der Waals surface area contributed by atoms with Gasteiger partial charge in [-0.15, -0.1) is 0 Å². The minimum atomic E-state index is 0.358. The smallest absolute Gasteiger partial charge is 0.134 e. The van der Waals surface area contributed by atoms with E-state index in [1.54, 1.807) is 12.4 Å². The molecule has 8 heavy (non-hydrogen) atoms. The van der Waals surface area contributed by atoms with Crippen molar-refractivity contribution in [2.45, 2.75) is 6.92 Å². The first kappa shape index (κ1) is 5.31. The summed E-state index contributed by atoms with van der Waals surface area (Å²) in [5, 5.41) is 9.77. The maximum atomic E-state index is 8.72. The molecule has 1 aliphatic rings. The Morgan fingerprint density at radius 1 is 1.88 bits per heavy atom. The number of hydrogen-bond donors (Lipinski definition) is 1. The van der Waals surface area contributed by atoms with Crippen molar-refractivity contribution in [1.29, 1.82) is 0 Å². The van der Waals surface area contributed by atoms with Crippen LogP contribution in [0.5, 0.6) is 0 Å². The molecule has 0 saturated heterocycles. The molecule has 0 aromatic heterocycles. The van der Waals surface area contributed by atoms with Crippen LogP contribution in [0.1, 0.15) is 6.92 Å². The third kappa shape index (κ3) is 1.07. The molecule has 0 radical (unpaired) electrons. The van der Waals surface area contributed by atoms with Crippen molar-refractivity contribution in [2.75, 3.05) is 6.67 Å². The molecular weight excluding hydrogens is 104 g/mol. The van der Waals surface area contributed by atoms with E-state index in [1.165, 1.54) is 0 Å². The summed E-state index contributed by atoms with van der Waals surface area (Å²) in [7, 11) is 0. The predicted octanol–water partition coefficient (Wildman–Crippen LogP) is 0.623. The molecule has 1 aliphatic heterocycles. The second-order valence-corrected chi connectivity index (χ2v) is 1.77. The molecule has 0 aromatic rings. The minimum Gasteiger partial charge on any atom is -0.287 e. The summed E-state index contributed by atoms with van der Waals surface area (Å²) < 4.78 is 0. The van der Waals surface area contributed by atoms with Crippen LogP contribution >= 0.6 is 0 Å². The number of rotatable bonds is 0. The van der Waals surface area contributed by atoms with Gasteiger partial charge in [0.2, 0.25) is 0 Å². The first-order valence-corrected chi connectivity index (χ1v) is 2.43. The van der Waals surface area contributed by atoms with E-state index < -0.39 is 0 Å². The van der Waals surface area contributed by atoms with Crippen molar-refractivity contribution in [3.05, 3.63) is 11.8 Å². The van der Waals surface area contributed by atoms with Crippen molar-refractivity contribution in [3.8, 4) is 0 Å². The van der Waals surface area contributed by atoms with Gasteiger partial charge in [-0.3, -0.25) is 10.2 Å². The highest BCUT2D eigenvalue weighted by Gasteiger charge is 1.95. The van der Waals surface area contributed by atoms with E-state index in [1.807, 2.05) is 6.92 Å². The summed E-state index contributed by atoms with van der Waals surface area (Å²) in [6.07, 6.45) is 3.36. The van der Waals surface area contributed by atoms with E-state index in [0.717, 1.165) is 10.6 Å². The van der Waals surface area contributed by atoms with E-state index in [9.17, 15) is 0 Å². The standard InChI is InChI=1S/C5H8N2O/c1-5-2-6-4-7(8)3-5/h2-3,8H,4H2,1H3. The molecule has 0 atom stereocenters. The largest absolute Gasteiger partial charge is 0.287 e. The van der Waals surface area contributed by atoms with Crippen LogP contribution in [-0.4, -0.2) is 23.2 Å². The van der Waals surface area contributed by atoms with E-state index in [-0.39, 0.29) is 0 Å². The molecular formula is C5H8N2O. The number of hydrogen-bond acceptors (Lipinski definition) is 3. The molecule has 1 heterocycles. The predicted molar refractivity (Wildman–Crippen MR) is 30.7 cm³/mol. The van der Waals surface area contributed by atoms with E-state index in [4.69, 9.17) is 5.21 Å². The molecule has 0 unspecified atom stereocenters. The number of hydroxylamine groups is 2. The zero-order valence-corrected chi connectivity index (χ0v) is 4.70. The van der Waals surface area contributed by atoms with Gasteiger partial charge in [0.1, 0.15) is 6.67 Å². The maximum Gasteiger partial charge on any atom is 0.134 e. The molecule has 1 rings (SSSR count). The van der Waals surface area contributed by atoms with Crippen LogP contribution in [0, 0.1) is 0 Å². The lowest BCUT2D eigenvalue weighted by molar-refractivity contribution is -0.0392. The average molecular weight is 112 g/mol. The van der Waals surface area contributed by atoms with Gasteiger partial charge in [0.25, 0.3) is 0 Å². The van der Waals surface area contributed by atoms with Gasteiger partial charge >= 0.3 is 0 Å². The Labute approximate surface area is 47.9 Å². The molecule has 0 bridgehead atoms. The Balaban J connectivity index is 2.63. The molecule has 1 N–H and O–H groups in total. The van der Waals surface area contributed by atoms with Gasteiger partial charge in [-0.05, 0) is 12.5 Å². The Morgan fingerprint density at radius 3 is 3.00 bits per heavy atom. The lowest BCUT2D eigenvalue weighted by Crippen LogP contribution is -2.15. The fourth-order valence-corrected chi connectivity index (χ4v) is 0.578. The van der Waals surface area contributed by atoms with Gasteiger partial charge < -0.3 is 0 Å². The van der Waals surface area contributed by atoms with Crippen molar-refractivity contribution < 1.29 is 5.21 Å². The molecule has 44 valence electrons. The van der Waals surface area contributed by atoms with Crippen LogP contribution in [0.3, 0.4) is 0 Å². The van der Waals surface area contributed by atoms with Crippen LogP contribution in [-0.2, 0) is 0 Å². The van der Waals surface area contributed by atoms with E-state index in [2.05, 4.69) is 4.99 Å². The number of aliphatic imine (C=N–C) groups is 1. The van der Waals surface area contributed by atoms with Gasteiger partial charge in [0, 0.05) is 12.4 Å². The second-order valence-electron chi connectivity index (χ2n) is 1.77. The van der Waals surface area contributed by atoms with Crippen LogP contribution in [0.15, 0.2) is 16.8 Å². The Kier molecular flexibility index (Phi) is 1.30. The molecule has 3 nitrogen and oxygen atoms in total. The van der Waals surface area contributed by atoms with E-state index >= 15 is 0 Å². The second kappa shape index (κ2) is 1.96. The first-order valence-electron chi connectivity index (χ1n) is 2.43. The van der Waals surface area contributed by atoms with Crippen LogP contribution in [0.25, 0.3) is 0 Å². The zero-order chi connectivity index (χ0) is 5.98. The van der Waals surface area contributed by atoms with Gasteiger partial charge in [0.05, 0.1) is 0 Å². The summed E-state index contributed by atoms with van der Waals surface area (Å²) in [4.78, 5) is 3.82. The van der Waals surface area contributed by atoms with E-state index in [0.29, 0.717) is 6.67 Å². The summed E-state index contributed by atoms with van der Waals surface area (Å²) >= 11 is 0. The normalized spacial score (nSPS) is 18.8. The highest BCUT2D eigenvalue weighted by molar-refractivity contribution is 5.77. The third-order valence-corrected chi connectivity index (χ3v) is 0.874. The molecule has 0 amide bonds. The summed E-state index contributed by atoms with van der Waals surface area (Å²) in [6, 6.07) is 0. The minimum absolute atomic E-state index is 0.358. The van der Waals surface area contributed by atoms with Crippen molar-refractivity contribution in [2.24, 2.45) is 4.99 Å². The van der Waals surface area contributed by atoms with Gasteiger partial charge in [-0.25, -0.2) is 5.06 Å². The van der Waals surface area contributed by atoms with Gasteiger partial charge in [-0.1, -0.05) is 0 Å². The van der Waals surface area contributed by atoms with Crippen LogP contribution < -0.4 is 0 Å². The lowest BCUT2D eigenvalue weighted by atomic mass is 10.3. The molecule has 0 fully saturated rings. The Morgan fingerprint density at radius 2 is 2.62 bits per heavy atom. The third-order valence-electron chi connectivity index (χ3n) is 0.874. The first-order chi connectivity index (χ1) is 3.79. The van der Waals surface area contributed by atoms with Crippen molar-refractivity contribution >= 4 is 6.21 Å². The van der Waals surface area contributed by atoms with Crippen molar-refractivity contribution in [3.63, 3.8) is 0 Å². The highest BCUT2D eigenvalue weighted by atomic mass is 16.5. The number of allylic oxidation sites excluding steroid dienone is 1. The average Bonchev–Trinajstić information content (AvgIpc) is 1.64. The van der Waals surface area contributed by atoms with Gasteiger partial charge in [-0.2, -0.15) is 0 Å². The van der Waals surface area contributed by atoms with Gasteiger partial charge in [0.15, 0.2) is 0 Å². The molecule has 3 heteroatoms.